The lowest BCUT2D eigenvalue weighted by Crippen LogP contribution is -2.34. The summed E-state index contributed by atoms with van der Waals surface area (Å²) in [6.07, 6.45) is 6.25. The van der Waals surface area contributed by atoms with Gasteiger partial charge >= 0.3 is 5.97 Å². The number of hydrogen-bond acceptors (Lipinski definition) is 3. The molecule has 134 valence electrons. The summed E-state index contributed by atoms with van der Waals surface area (Å²) >= 11 is 0. The SMILES string of the molecule is O=C(COC(=O)c1ccc2c(c1)CCC2)N[C@H]1CCCc2ccccc21. The van der Waals surface area contributed by atoms with Crippen LogP contribution in [-0.4, -0.2) is 18.5 Å². The number of carbonyl (C=O) groups excluding carboxylic acids is 2. The minimum absolute atomic E-state index is 0.00569. The zero-order chi connectivity index (χ0) is 17.9. The third-order valence-corrected chi connectivity index (χ3v) is 5.37. The van der Waals surface area contributed by atoms with Crippen molar-refractivity contribution in [2.75, 3.05) is 6.61 Å². The fourth-order valence-electron chi connectivity index (χ4n) is 4.05. The maximum Gasteiger partial charge on any atom is 0.338 e. The van der Waals surface area contributed by atoms with Crippen LogP contribution in [0.5, 0.6) is 0 Å². The summed E-state index contributed by atoms with van der Waals surface area (Å²) < 4.78 is 5.23. The minimum Gasteiger partial charge on any atom is -0.452 e. The van der Waals surface area contributed by atoms with Crippen LogP contribution in [0, 0.1) is 0 Å². The first-order chi connectivity index (χ1) is 12.7. The lowest BCUT2D eigenvalue weighted by molar-refractivity contribution is -0.125. The highest BCUT2D eigenvalue weighted by Gasteiger charge is 2.22. The molecule has 2 aromatic carbocycles. The Labute approximate surface area is 153 Å². The summed E-state index contributed by atoms with van der Waals surface area (Å²) in [5.74, 6) is -0.680. The first-order valence-electron chi connectivity index (χ1n) is 9.37. The number of carbonyl (C=O) groups is 2. The molecule has 4 nitrogen and oxygen atoms in total. The van der Waals surface area contributed by atoms with Crippen LogP contribution in [0.4, 0.5) is 0 Å². The molecule has 1 amide bonds. The number of ether oxygens (including phenoxy) is 1. The third kappa shape index (κ3) is 3.50. The van der Waals surface area contributed by atoms with Gasteiger partial charge < -0.3 is 10.1 Å². The summed E-state index contributed by atoms with van der Waals surface area (Å²) in [5, 5.41) is 3.01. The van der Waals surface area contributed by atoms with Crippen molar-refractivity contribution < 1.29 is 14.3 Å². The molecule has 2 aliphatic carbocycles. The van der Waals surface area contributed by atoms with Gasteiger partial charge in [0, 0.05) is 0 Å². The van der Waals surface area contributed by atoms with Crippen LogP contribution < -0.4 is 5.32 Å². The van der Waals surface area contributed by atoms with Gasteiger partial charge in [0.2, 0.25) is 0 Å². The predicted molar refractivity (Wildman–Crippen MR) is 99.0 cm³/mol. The van der Waals surface area contributed by atoms with E-state index in [-0.39, 0.29) is 18.6 Å². The Morgan fingerprint density at radius 2 is 1.77 bits per heavy atom. The molecule has 0 heterocycles. The molecular weight excluding hydrogens is 326 g/mol. The Morgan fingerprint density at radius 3 is 2.69 bits per heavy atom. The van der Waals surface area contributed by atoms with E-state index >= 15 is 0 Å². The van der Waals surface area contributed by atoms with Crippen molar-refractivity contribution in [2.45, 2.75) is 44.6 Å². The number of aryl methyl sites for hydroxylation is 3. The Kier molecular flexibility index (Phi) is 4.74. The van der Waals surface area contributed by atoms with E-state index in [1.54, 1.807) is 6.07 Å². The average Bonchev–Trinajstić information content (AvgIpc) is 3.14. The van der Waals surface area contributed by atoms with E-state index < -0.39 is 5.97 Å². The molecule has 0 aromatic heterocycles. The number of fused-ring (bicyclic) bond motifs is 2. The molecule has 1 N–H and O–H groups in total. The maximum atomic E-state index is 12.3. The Balaban J connectivity index is 1.34. The first kappa shape index (κ1) is 16.8. The summed E-state index contributed by atoms with van der Waals surface area (Å²) in [7, 11) is 0. The van der Waals surface area contributed by atoms with E-state index in [2.05, 4.69) is 17.4 Å². The second-order valence-corrected chi connectivity index (χ2v) is 7.12. The maximum absolute atomic E-state index is 12.3. The zero-order valence-corrected chi connectivity index (χ0v) is 14.8. The highest BCUT2D eigenvalue weighted by molar-refractivity contribution is 5.91. The van der Waals surface area contributed by atoms with Gasteiger partial charge in [-0.15, -0.1) is 0 Å². The molecule has 4 rings (SSSR count). The quantitative estimate of drug-likeness (QED) is 0.859. The molecule has 0 bridgehead atoms. The molecule has 26 heavy (non-hydrogen) atoms. The van der Waals surface area contributed by atoms with Crippen LogP contribution in [0.15, 0.2) is 42.5 Å². The highest BCUT2D eigenvalue weighted by atomic mass is 16.5. The lowest BCUT2D eigenvalue weighted by Gasteiger charge is -2.26. The molecule has 0 spiro atoms. The normalized spacial score (nSPS) is 17.9. The Bertz CT molecular complexity index is 843. The zero-order valence-electron chi connectivity index (χ0n) is 14.8. The van der Waals surface area contributed by atoms with Crippen LogP contribution in [-0.2, 0) is 28.8 Å². The molecule has 0 unspecified atom stereocenters. The first-order valence-corrected chi connectivity index (χ1v) is 9.37. The second kappa shape index (κ2) is 7.32. The minimum atomic E-state index is -0.432. The van der Waals surface area contributed by atoms with Gasteiger partial charge in [0.15, 0.2) is 6.61 Å². The number of esters is 1. The van der Waals surface area contributed by atoms with Crippen molar-refractivity contribution in [1.29, 1.82) is 0 Å². The fourth-order valence-corrected chi connectivity index (χ4v) is 4.05. The lowest BCUT2D eigenvalue weighted by atomic mass is 9.88. The van der Waals surface area contributed by atoms with E-state index in [4.69, 9.17) is 4.74 Å². The van der Waals surface area contributed by atoms with Crippen LogP contribution >= 0.6 is 0 Å². The van der Waals surface area contributed by atoms with Crippen molar-refractivity contribution in [1.82, 2.24) is 5.32 Å². The van der Waals surface area contributed by atoms with Crippen LogP contribution in [0.1, 0.15) is 57.9 Å². The molecule has 0 saturated carbocycles. The highest BCUT2D eigenvalue weighted by Crippen LogP contribution is 2.29. The summed E-state index contributed by atoms with van der Waals surface area (Å²) in [6.45, 7) is -0.241. The number of nitrogens with one attached hydrogen (secondary N) is 1. The summed E-state index contributed by atoms with van der Waals surface area (Å²) in [5.41, 5.74) is 5.54. The molecule has 0 aliphatic heterocycles. The van der Waals surface area contributed by atoms with Gasteiger partial charge in [-0.05, 0) is 72.9 Å². The molecule has 2 aliphatic rings. The standard InChI is InChI=1S/C22H23NO3/c24-21(23-20-10-4-7-16-5-1-2-9-19(16)20)14-26-22(25)18-12-11-15-6-3-8-17(15)13-18/h1-2,5,9,11-13,20H,3-4,6-8,10,14H2,(H,23,24)/t20-/m0/s1. The number of hydrogen-bond donors (Lipinski definition) is 1. The van der Waals surface area contributed by atoms with Crippen LogP contribution in [0.3, 0.4) is 0 Å². The van der Waals surface area contributed by atoms with E-state index in [9.17, 15) is 9.59 Å². The van der Waals surface area contributed by atoms with E-state index in [1.165, 1.54) is 22.3 Å². The topological polar surface area (TPSA) is 55.4 Å². The summed E-state index contributed by atoms with van der Waals surface area (Å²) in [4.78, 5) is 24.5. The predicted octanol–water partition coefficient (Wildman–Crippen LogP) is 3.53. The van der Waals surface area contributed by atoms with E-state index in [1.807, 2.05) is 24.3 Å². The largest absolute Gasteiger partial charge is 0.452 e. The van der Waals surface area contributed by atoms with Gasteiger partial charge in [0.05, 0.1) is 11.6 Å². The molecule has 0 saturated heterocycles. The molecule has 0 radical (unpaired) electrons. The van der Waals surface area contributed by atoms with Gasteiger partial charge in [-0.25, -0.2) is 4.79 Å². The van der Waals surface area contributed by atoms with Crippen molar-refractivity contribution >= 4 is 11.9 Å². The average molecular weight is 349 g/mol. The van der Waals surface area contributed by atoms with Gasteiger partial charge in [-0.3, -0.25) is 4.79 Å². The molecular formula is C22H23NO3. The molecule has 4 heteroatoms. The third-order valence-electron chi connectivity index (χ3n) is 5.37. The van der Waals surface area contributed by atoms with Gasteiger partial charge in [-0.1, -0.05) is 30.3 Å². The van der Waals surface area contributed by atoms with Crippen molar-refractivity contribution in [2.24, 2.45) is 0 Å². The van der Waals surface area contributed by atoms with Crippen molar-refractivity contribution in [3.63, 3.8) is 0 Å². The van der Waals surface area contributed by atoms with E-state index in [0.717, 1.165) is 38.5 Å². The number of rotatable bonds is 4. The fraction of sp³-hybridized carbons (Fsp3) is 0.364. The van der Waals surface area contributed by atoms with Gasteiger partial charge in [0.1, 0.15) is 0 Å². The Hall–Kier alpha value is -2.62. The van der Waals surface area contributed by atoms with Gasteiger partial charge in [0.25, 0.3) is 5.91 Å². The molecule has 0 fully saturated rings. The molecule has 2 aromatic rings. The smallest absolute Gasteiger partial charge is 0.338 e. The van der Waals surface area contributed by atoms with Crippen molar-refractivity contribution in [3.05, 3.63) is 70.3 Å². The Morgan fingerprint density at radius 1 is 0.962 bits per heavy atom. The summed E-state index contributed by atoms with van der Waals surface area (Å²) in [6, 6.07) is 13.9. The second-order valence-electron chi connectivity index (χ2n) is 7.12. The van der Waals surface area contributed by atoms with Gasteiger partial charge in [-0.2, -0.15) is 0 Å². The van der Waals surface area contributed by atoms with Crippen LogP contribution in [0.2, 0.25) is 0 Å². The van der Waals surface area contributed by atoms with Crippen molar-refractivity contribution in [3.8, 4) is 0 Å². The monoisotopic (exact) mass is 349 g/mol. The van der Waals surface area contributed by atoms with E-state index in [0.29, 0.717) is 5.56 Å². The van der Waals surface area contributed by atoms with Crippen LogP contribution in [0.25, 0.3) is 0 Å². The molecule has 1 atom stereocenters. The number of benzene rings is 2. The number of amides is 1.